The smallest absolute Gasteiger partial charge is 0.258 e. The molecule has 2 heterocycles. The number of rotatable bonds is 7. The van der Waals surface area contributed by atoms with Crippen LogP contribution in [-0.4, -0.2) is 32.6 Å². The molecule has 9 nitrogen and oxygen atoms in total. The van der Waals surface area contributed by atoms with Crippen LogP contribution in [0, 0.1) is 0 Å². The van der Waals surface area contributed by atoms with Crippen molar-refractivity contribution in [2.75, 3.05) is 11.9 Å². The largest absolute Gasteiger partial charge is 0.494 e. The summed E-state index contributed by atoms with van der Waals surface area (Å²) in [7, 11) is 0. The maximum Gasteiger partial charge on any atom is 0.258 e. The van der Waals surface area contributed by atoms with E-state index in [4.69, 9.17) is 9.26 Å². The summed E-state index contributed by atoms with van der Waals surface area (Å²) >= 11 is 0. The number of anilines is 1. The van der Waals surface area contributed by atoms with E-state index in [9.17, 15) is 9.59 Å². The zero-order valence-corrected chi connectivity index (χ0v) is 16.2. The summed E-state index contributed by atoms with van der Waals surface area (Å²) < 4.78 is 10.7. The number of carbonyl (C=O) groups is 1. The van der Waals surface area contributed by atoms with Gasteiger partial charge in [0.25, 0.3) is 5.56 Å². The number of nitrogens with zero attached hydrogens (tertiary/aromatic N) is 3. The number of fused-ring (bicyclic) bond motifs is 1. The van der Waals surface area contributed by atoms with E-state index in [0.717, 1.165) is 11.3 Å². The Kier molecular flexibility index (Phi) is 5.51. The van der Waals surface area contributed by atoms with E-state index in [1.165, 1.54) is 6.33 Å². The van der Waals surface area contributed by atoms with Gasteiger partial charge < -0.3 is 19.6 Å². The third-order valence-electron chi connectivity index (χ3n) is 4.38. The van der Waals surface area contributed by atoms with Crippen LogP contribution in [0.2, 0.25) is 0 Å². The molecule has 0 radical (unpaired) electrons. The normalized spacial score (nSPS) is 10.8. The number of H-pyrrole nitrogens is 1. The molecule has 2 aromatic heterocycles. The number of amides is 1. The van der Waals surface area contributed by atoms with Gasteiger partial charge in [-0.05, 0) is 49.4 Å². The highest BCUT2D eigenvalue weighted by Crippen LogP contribution is 2.20. The molecule has 0 unspecified atom stereocenters. The van der Waals surface area contributed by atoms with Crippen LogP contribution in [0.1, 0.15) is 19.2 Å². The van der Waals surface area contributed by atoms with Crippen LogP contribution in [0.15, 0.2) is 58.1 Å². The summed E-state index contributed by atoms with van der Waals surface area (Å²) in [5, 5.41) is 7.14. The number of carbonyl (C=O) groups excluding carboxylic acids is 1. The molecule has 0 atom stereocenters. The number of aryl methyl sites for hydroxylation is 1. The third-order valence-corrected chi connectivity index (χ3v) is 4.38. The van der Waals surface area contributed by atoms with Gasteiger partial charge in [0.05, 0.1) is 23.8 Å². The number of aromatic nitrogens is 4. The Hall–Kier alpha value is -4.01. The lowest BCUT2D eigenvalue weighted by atomic mass is 10.2. The highest BCUT2D eigenvalue weighted by Gasteiger charge is 2.12. The molecule has 0 spiro atoms. The van der Waals surface area contributed by atoms with Crippen LogP contribution in [0.25, 0.3) is 22.3 Å². The van der Waals surface area contributed by atoms with Crippen LogP contribution in [-0.2, 0) is 11.2 Å². The Labute approximate surface area is 171 Å². The topological polar surface area (TPSA) is 123 Å². The third kappa shape index (κ3) is 4.35. The van der Waals surface area contributed by atoms with Crippen molar-refractivity contribution in [3.05, 3.63) is 65.0 Å². The van der Waals surface area contributed by atoms with Gasteiger partial charge in [-0.15, -0.1) is 0 Å². The van der Waals surface area contributed by atoms with Crippen molar-refractivity contribution >= 4 is 22.5 Å². The average molecular weight is 405 g/mol. The van der Waals surface area contributed by atoms with Gasteiger partial charge in [-0.1, -0.05) is 5.16 Å². The number of hydrogen-bond acceptors (Lipinski definition) is 7. The van der Waals surface area contributed by atoms with Crippen molar-refractivity contribution in [1.29, 1.82) is 0 Å². The molecule has 4 rings (SSSR count). The standard InChI is InChI=1S/C21H19N5O4/c1-2-29-15-6-3-13(4-7-15)20-25-19(30-26-20)10-9-18(27)24-14-5-8-17-16(11-14)21(28)23-12-22-17/h3-8,11-12H,2,9-10H2,1H3,(H,24,27)(H,22,23,28). The fourth-order valence-corrected chi connectivity index (χ4v) is 2.93. The number of aromatic amines is 1. The first-order valence-corrected chi connectivity index (χ1v) is 9.45. The van der Waals surface area contributed by atoms with Crippen molar-refractivity contribution in [2.24, 2.45) is 0 Å². The zero-order chi connectivity index (χ0) is 20.9. The van der Waals surface area contributed by atoms with Crippen molar-refractivity contribution in [3.8, 4) is 17.1 Å². The van der Waals surface area contributed by atoms with Gasteiger partial charge in [0, 0.05) is 24.1 Å². The molecular formula is C21H19N5O4. The summed E-state index contributed by atoms with van der Waals surface area (Å²) in [6.45, 7) is 2.52. The summed E-state index contributed by atoms with van der Waals surface area (Å²) in [6, 6.07) is 12.4. The van der Waals surface area contributed by atoms with E-state index in [1.54, 1.807) is 18.2 Å². The predicted octanol–water partition coefficient (Wildman–Crippen LogP) is 2.94. The molecule has 152 valence electrons. The summed E-state index contributed by atoms with van der Waals surface area (Å²) in [5.74, 6) is 1.37. The van der Waals surface area contributed by atoms with E-state index in [0.29, 0.717) is 41.3 Å². The Balaban J connectivity index is 1.36. The number of hydrogen-bond donors (Lipinski definition) is 2. The van der Waals surface area contributed by atoms with E-state index >= 15 is 0 Å². The van der Waals surface area contributed by atoms with Crippen molar-refractivity contribution in [1.82, 2.24) is 20.1 Å². The molecule has 30 heavy (non-hydrogen) atoms. The minimum Gasteiger partial charge on any atom is -0.494 e. The maximum atomic E-state index is 12.3. The first-order chi connectivity index (χ1) is 14.6. The molecule has 0 bridgehead atoms. The van der Waals surface area contributed by atoms with Gasteiger partial charge >= 0.3 is 0 Å². The molecule has 0 aliphatic carbocycles. The summed E-state index contributed by atoms with van der Waals surface area (Å²) in [4.78, 5) is 35.0. The highest BCUT2D eigenvalue weighted by atomic mass is 16.5. The van der Waals surface area contributed by atoms with E-state index < -0.39 is 0 Å². The molecule has 0 saturated heterocycles. The number of nitrogens with one attached hydrogen (secondary N) is 2. The monoisotopic (exact) mass is 405 g/mol. The average Bonchev–Trinajstić information content (AvgIpc) is 3.23. The molecule has 2 N–H and O–H groups in total. The lowest BCUT2D eigenvalue weighted by molar-refractivity contribution is -0.116. The fourth-order valence-electron chi connectivity index (χ4n) is 2.93. The molecule has 4 aromatic rings. The maximum absolute atomic E-state index is 12.3. The SMILES string of the molecule is CCOc1ccc(-c2noc(CCC(=O)Nc3ccc4nc[nH]c(=O)c4c3)n2)cc1. The molecule has 0 aliphatic rings. The van der Waals surface area contributed by atoms with Crippen LogP contribution in [0.5, 0.6) is 5.75 Å². The van der Waals surface area contributed by atoms with Crippen LogP contribution < -0.4 is 15.6 Å². The lowest BCUT2D eigenvalue weighted by Gasteiger charge is -2.05. The van der Waals surface area contributed by atoms with E-state index in [-0.39, 0.29) is 17.9 Å². The zero-order valence-electron chi connectivity index (χ0n) is 16.2. The van der Waals surface area contributed by atoms with Crippen LogP contribution in [0.3, 0.4) is 0 Å². The van der Waals surface area contributed by atoms with Gasteiger partial charge in [0.15, 0.2) is 0 Å². The van der Waals surface area contributed by atoms with Crippen molar-refractivity contribution in [3.63, 3.8) is 0 Å². The van der Waals surface area contributed by atoms with Gasteiger partial charge in [-0.25, -0.2) is 4.98 Å². The molecule has 0 aliphatic heterocycles. The lowest BCUT2D eigenvalue weighted by Crippen LogP contribution is -2.13. The molecular weight excluding hydrogens is 386 g/mol. The number of benzene rings is 2. The second-order valence-corrected chi connectivity index (χ2v) is 6.48. The van der Waals surface area contributed by atoms with Crippen molar-refractivity contribution < 1.29 is 14.1 Å². The predicted molar refractivity (Wildman–Crippen MR) is 110 cm³/mol. The van der Waals surface area contributed by atoms with E-state index in [2.05, 4.69) is 25.4 Å². The Morgan fingerprint density at radius 1 is 1.20 bits per heavy atom. The van der Waals surface area contributed by atoms with Gasteiger partial charge in [-0.3, -0.25) is 9.59 Å². The molecule has 2 aromatic carbocycles. The Morgan fingerprint density at radius 2 is 2.03 bits per heavy atom. The fraction of sp³-hybridized carbons (Fsp3) is 0.190. The quantitative estimate of drug-likeness (QED) is 0.484. The Bertz CT molecular complexity index is 1230. The first kappa shape index (κ1) is 19.3. The van der Waals surface area contributed by atoms with Gasteiger partial charge in [-0.2, -0.15) is 4.98 Å². The molecule has 9 heteroatoms. The van der Waals surface area contributed by atoms with Crippen LogP contribution in [0.4, 0.5) is 5.69 Å². The van der Waals surface area contributed by atoms with Gasteiger partial charge in [0.2, 0.25) is 17.6 Å². The minimum atomic E-state index is -0.260. The van der Waals surface area contributed by atoms with Gasteiger partial charge in [0.1, 0.15) is 5.75 Å². The highest BCUT2D eigenvalue weighted by molar-refractivity contribution is 5.93. The second kappa shape index (κ2) is 8.56. The molecule has 0 fully saturated rings. The second-order valence-electron chi connectivity index (χ2n) is 6.48. The van der Waals surface area contributed by atoms with Crippen molar-refractivity contribution in [2.45, 2.75) is 19.8 Å². The van der Waals surface area contributed by atoms with E-state index in [1.807, 2.05) is 31.2 Å². The first-order valence-electron chi connectivity index (χ1n) is 9.45. The number of ether oxygens (including phenoxy) is 1. The summed E-state index contributed by atoms with van der Waals surface area (Å²) in [5.41, 5.74) is 1.62. The Morgan fingerprint density at radius 3 is 2.83 bits per heavy atom. The molecule has 1 amide bonds. The minimum absolute atomic E-state index is 0.159. The molecule has 0 saturated carbocycles. The summed E-state index contributed by atoms with van der Waals surface area (Å²) in [6.07, 6.45) is 1.80. The van der Waals surface area contributed by atoms with Crippen LogP contribution >= 0.6 is 0 Å².